The Morgan fingerprint density at radius 3 is 3.07 bits per heavy atom. The second-order valence-corrected chi connectivity index (χ2v) is 4.14. The third kappa shape index (κ3) is 6.80. The molecule has 5 heteroatoms. The summed E-state index contributed by atoms with van der Waals surface area (Å²) >= 11 is 1.83. The van der Waals surface area contributed by atoms with Crippen LogP contribution in [0.25, 0.3) is 0 Å². The van der Waals surface area contributed by atoms with E-state index in [4.69, 9.17) is 10.9 Å². The third-order valence-electron chi connectivity index (χ3n) is 1.73. The van der Waals surface area contributed by atoms with E-state index in [0.717, 1.165) is 24.6 Å². The molecule has 0 fully saturated rings. The zero-order valence-corrected chi connectivity index (χ0v) is 9.39. The van der Waals surface area contributed by atoms with Crippen LogP contribution in [0.2, 0.25) is 0 Å². The van der Waals surface area contributed by atoms with Crippen molar-refractivity contribution in [1.29, 1.82) is 0 Å². The van der Waals surface area contributed by atoms with E-state index in [-0.39, 0.29) is 11.8 Å². The second kappa shape index (κ2) is 8.90. The van der Waals surface area contributed by atoms with E-state index in [1.807, 2.05) is 24.8 Å². The van der Waals surface area contributed by atoms with Crippen molar-refractivity contribution < 1.29 is 5.21 Å². The fourth-order valence-electron chi connectivity index (χ4n) is 0.833. The molecule has 0 spiro atoms. The molecule has 0 rings (SSSR count). The average Bonchev–Trinajstić information content (AvgIpc) is 2.21. The maximum absolute atomic E-state index is 8.40. The van der Waals surface area contributed by atoms with Crippen LogP contribution in [-0.2, 0) is 0 Å². The van der Waals surface area contributed by atoms with Gasteiger partial charge in [-0.05, 0) is 0 Å². The molecule has 0 heterocycles. The van der Waals surface area contributed by atoms with Crippen molar-refractivity contribution in [3.63, 3.8) is 0 Å². The zero-order valence-electron chi connectivity index (χ0n) is 8.57. The van der Waals surface area contributed by atoms with E-state index in [9.17, 15) is 0 Å². The molecule has 0 aliphatic carbocycles. The molecule has 4 N–H and O–H groups in total. The van der Waals surface area contributed by atoms with Gasteiger partial charge in [0.05, 0.1) is 0 Å². The lowest BCUT2D eigenvalue weighted by Gasteiger charge is -2.10. The third-order valence-corrected chi connectivity index (χ3v) is 2.69. The SMILES string of the molecule is C=CCSCCNCC(C)/C(N)=N/O. The Kier molecular flexibility index (Phi) is 8.47. The minimum atomic E-state index is 0.0735. The lowest BCUT2D eigenvalue weighted by molar-refractivity contribution is 0.314. The summed E-state index contributed by atoms with van der Waals surface area (Å²) in [5, 5.41) is 14.6. The summed E-state index contributed by atoms with van der Waals surface area (Å²) in [5.74, 6) is 2.38. The highest BCUT2D eigenvalue weighted by atomic mass is 32.2. The van der Waals surface area contributed by atoms with Gasteiger partial charge in [-0.1, -0.05) is 18.2 Å². The Morgan fingerprint density at radius 1 is 1.79 bits per heavy atom. The topological polar surface area (TPSA) is 70.6 Å². The van der Waals surface area contributed by atoms with Gasteiger partial charge in [-0.3, -0.25) is 0 Å². The van der Waals surface area contributed by atoms with Gasteiger partial charge >= 0.3 is 0 Å². The number of nitrogens with zero attached hydrogens (tertiary/aromatic N) is 1. The molecule has 0 aromatic heterocycles. The molecule has 14 heavy (non-hydrogen) atoms. The van der Waals surface area contributed by atoms with Crippen molar-refractivity contribution in [2.45, 2.75) is 6.92 Å². The van der Waals surface area contributed by atoms with E-state index >= 15 is 0 Å². The van der Waals surface area contributed by atoms with Gasteiger partial charge < -0.3 is 16.3 Å². The Morgan fingerprint density at radius 2 is 2.50 bits per heavy atom. The van der Waals surface area contributed by atoms with E-state index in [1.54, 1.807) is 0 Å². The molecule has 82 valence electrons. The van der Waals surface area contributed by atoms with E-state index < -0.39 is 0 Å². The molecule has 1 atom stereocenters. The number of hydrogen-bond acceptors (Lipinski definition) is 4. The molecular formula is C9H19N3OS. The summed E-state index contributed by atoms with van der Waals surface area (Å²) in [6.07, 6.45) is 1.89. The molecular weight excluding hydrogens is 198 g/mol. The van der Waals surface area contributed by atoms with Crippen LogP contribution in [0.4, 0.5) is 0 Å². The summed E-state index contributed by atoms with van der Waals surface area (Å²) in [6, 6.07) is 0. The van der Waals surface area contributed by atoms with E-state index in [2.05, 4.69) is 17.1 Å². The van der Waals surface area contributed by atoms with Gasteiger partial charge in [-0.15, -0.1) is 6.58 Å². The minimum absolute atomic E-state index is 0.0735. The molecule has 0 saturated heterocycles. The number of thioether (sulfide) groups is 1. The lowest BCUT2D eigenvalue weighted by atomic mass is 10.1. The Bertz CT molecular complexity index is 185. The van der Waals surface area contributed by atoms with E-state index in [0.29, 0.717) is 0 Å². The molecule has 0 bridgehead atoms. The first-order chi connectivity index (χ1) is 6.72. The molecule has 0 aromatic rings. The number of oxime groups is 1. The van der Waals surface area contributed by atoms with Crippen LogP contribution < -0.4 is 11.1 Å². The molecule has 4 nitrogen and oxygen atoms in total. The van der Waals surface area contributed by atoms with Crippen LogP contribution in [0, 0.1) is 5.92 Å². The van der Waals surface area contributed by atoms with Crippen LogP contribution in [-0.4, -0.2) is 35.6 Å². The first-order valence-electron chi connectivity index (χ1n) is 4.59. The van der Waals surface area contributed by atoms with Crippen molar-refractivity contribution in [3.05, 3.63) is 12.7 Å². The largest absolute Gasteiger partial charge is 0.409 e. The van der Waals surface area contributed by atoms with Gasteiger partial charge in [-0.2, -0.15) is 11.8 Å². The van der Waals surface area contributed by atoms with Gasteiger partial charge in [0.25, 0.3) is 0 Å². The monoisotopic (exact) mass is 217 g/mol. The molecule has 0 aromatic carbocycles. The van der Waals surface area contributed by atoms with Gasteiger partial charge in [-0.25, -0.2) is 0 Å². The molecule has 0 saturated carbocycles. The predicted octanol–water partition coefficient (Wildman–Crippen LogP) is 0.878. The molecule has 0 radical (unpaired) electrons. The smallest absolute Gasteiger partial charge is 0.143 e. The summed E-state index contributed by atoms with van der Waals surface area (Å²) in [7, 11) is 0. The van der Waals surface area contributed by atoms with Gasteiger partial charge in [0, 0.05) is 30.5 Å². The van der Waals surface area contributed by atoms with Crippen molar-refractivity contribution in [2.75, 3.05) is 24.6 Å². The van der Waals surface area contributed by atoms with E-state index in [1.165, 1.54) is 0 Å². The normalized spacial score (nSPS) is 13.9. The molecule has 0 aliphatic rings. The summed E-state index contributed by atoms with van der Waals surface area (Å²) in [5.41, 5.74) is 5.42. The van der Waals surface area contributed by atoms with Gasteiger partial charge in [0.2, 0.25) is 0 Å². The molecule has 0 aliphatic heterocycles. The first kappa shape index (κ1) is 13.3. The van der Waals surface area contributed by atoms with Gasteiger partial charge in [0.15, 0.2) is 0 Å². The van der Waals surface area contributed by atoms with Crippen LogP contribution in [0.15, 0.2) is 17.8 Å². The Labute approximate surface area is 89.6 Å². The Balaban J connectivity index is 3.31. The van der Waals surface area contributed by atoms with Crippen LogP contribution >= 0.6 is 11.8 Å². The summed E-state index contributed by atoms with van der Waals surface area (Å²) < 4.78 is 0. The quantitative estimate of drug-likeness (QED) is 0.141. The number of nitrogens with one attached hydrogen (secondary N) is 1. The van der Waals surface area contributed by atoms with Crippen molar-refractivity contribution in [1.82, 2.24) is 5.32 Å². The standard InChI is InChI=1S/C9H19N3OS/c1-3-5-14-6-4-11-7-8(2)9(10)12-13/h3,8,11,13H,1,4-7H2,2H3,(H2,10,12). The van der Waals surface area contributed by atoms with Crippen molar-refractivity contribution >= 4 is 17.6 Å². The second-order valence-electron chi connectivity index (χ2n) is 2.99. The zero-order chi connectivity index (χ0) is 10.8. The summed E-state index contributed by atoms with van der Waals surface area (Å²) in [6.45, 7) is 7.23. The van der Waals surface area contributed by atoms with Crippen molar-refractivity contribution in [2.24, 2.45) is 16.8 Å². The fourth-order valence-corrected chi connectivity index (χ4v) is 1.45. The maximum atomic E-state index is 8.40. The fraction of sp³-hybridized carbons (Fsp3) is 0.667. The first-order valence-corrected chi connectivity index (χ1v) is 5.74. The average molecular weight is 217 g/mol. The number of hydrogen-bond donors (Lipinski definition) is 3. The lowest BCUT2D eigenvalue weighted by Crippen LogP contribution is -2.32. The Hall–Kier alpha value is -0.680. The maximum Gasteiger partial charge on any atom is 0.143 e. The van der Waals surface area contributed by atoms with Crippen molar-refractivity contribution in [3.8, 4) is 0 Å². The molecule has 0 amide bonds. The summed E-state index contributed by atoms with van der Waals surface area (Å²) in [4.78, 5) is 0. The number of rotatable bonds is 8. The highest BCUT2D eigenvalue weighted by molar-refractivity contribution is 7.99. The van der Waals surface area contributed by atoms with Crippen LogP contribution in [0.5, 0.6) is 0 Å². The highest BCUT2D eigenvalue weighted by Gasteiger charge is 2.05. The molecule has 1 unspecified atom stereocenters. The highest BCUT2D eigenvalue weighted by Crippen LogP contribution is 1.97. The minimum Gasteiger partial charge on any atom is -0.409 e. The van der Waals surface area contributed by atoms with Crippen LogP contribution in [0.3, 0.4) is 0 Å². The number of amidine groups is 1. The number of nitrogens with two attached hydrogens (primary N) is 1. The predicted molar refractivity (Wildman–Crippen MR) is 63.0 cm³/mol. The van der Waals surface area contributed by atoms with Crippen LogP contribution in [0.1, 0.15) is 6.92 Å². The van der Waals surface area contributed by atoms with Gasteiger partial charge in [0.1, 0.15) is 5.84 Å².